The molecule has 154 valence electrons. The van der Waals surface area contributed by atoms with Crippen LogP contribution in [0.5, 0.6) is 11.5 Å². The van der Waals surface area contributed by atoms with Gasteiger partial charge in [0.2, 0.25) is 0 Å². The summed E-state index contributed by atoms with van der Waals surface area (Å²) in [4.78, 5) is 17.2. The number of carbonyl (C=O) groups is 1. The van der Waals surface area contributed by atoms with E-state index in [-0.39, 0.29) is 12.0 Å². The first-order valence-electron chi connectivity index (χ1n) is 10.7. The monoisotopic (exact) mass is 394 g/mol. The van der Waals surface area contributed by atoms with Crippen LogP contribution in [0.1, 0.15) is 41.8 Å². The molecule has 0 N–H and O–H groups in total. The molecule has 29 heavy (non-hydrogen) atoms. The second kappa shape index (κ2) is 8.87. The Labute approximate surface area is 173 Å². The topological polar surface area (TPSA) is 42.0 Å². The van der Waals surface area contributed by atoms with E-state index in [1.807, 2.05) is 42.2 Å². The molecule has 2 heterocycles. The van der Waals surface area contributed by atoms with Gasteiger partial charge in [0.25, 0.3) is 5.91 Å². The Morgan fingerprint density at radius 1 is 1.14 bits per heavy atom. The van der Waals surface area contributed by atoms with Crippen molar-refractivity contribution in [2.24, 2.45) is 0 Å². The molecule has 1 fully saturated rings. The van der Waals surface area contributed by atoms with E-state index in [0.717, 1.165) is 62.6 Å². The minimum atomic E-state index is 0.127. The quantitative estimate of drug-likeness (QED) is 0.774. The van der Waals surface area contributed by atoms with E-state index in [2.05, 4.69) is 24.0 Å². The number of fused-ring (bicyclic) bond motifs is 1. The Bertz CT molecular complexity index is 853. The van der Waals surface area contributed by atoms with Gasteiger partial charge >= 0.3 is 0 Å². The molecular weight excluding hydrogens is 364 g/mol. The number of ether oxygens (including phenoxy) is 2. The molecule has 0 saturated carbocycles. The number of hydrogen-bond donors (Lipinski definition) is 0. The number of amides is 1. The summed E-state index contributed by atoms with van der Waals surface area (Å²) in [5.74, 6) is 2.08. The third kappa shape index (κ3) is 4.56. The highest BCUT2D eigenvalue weighted by Crippen LogP contribution is 2.35. The summed E-state index contributed by atoms with van der Waals surface area (Å²) in [5.41, 5.74) is 3.17. The number of benzene rings is 2. The lowest BCUT2D eigenvalue weighted by Gasteiger charge is -2.23. The van der Waals surface area contributed by atoms with Crippen molar-refractivity contribution in [3.8, 4) is 11.5 Å². The number of carbonyl (C=O) groups excluding carboxylic acids is 1. The van der Waals surface area contributed by atoms with Crippen LogP contribution in [0.2, 0.25) is 0 Å². The smallest absolute Gasteiger partial charge is 0.253 e. The first-order valence-corrected chi connectivity index (χ1v) is 10.7. The average molecular weight is 395 g/mol. The molecule has 1 atom stereocenters. The summed E-state index contributed by atoms with van der Waals surface area (Å²) < 4.78 is 11.9. The van der Waals surface area contributed by atoms with E-state index in [4.69, 9.17) is 9.47 Å². The van der Waals surface area contributed by atoms with Gasteiger partial charge in [-0.15, -0.1) is 0 Å². The fraction of sp³-hybridized carbons (Fsp3) is 0.458. The lowest BCUT2D eigenvalue weighted by Crippen LogP contribution is -2.35. The lowest BCUT2D eigenvalue weighted by atomic mass is 10.1. The normalized spacial score (nSPS) is 19.4. The minimum absolute atomic E-state index is 0.127. The van der Waals surface area contributed by atoms with Crippen LogP contribution in [0, 0.1) is 0 Å². The first-order chi connectivity index (χ1) is 14.1. The van der Waals surface area contributed by atoms with Crippen molar-refractivity contribution in [2.45, 2.75) is 39.3 Å². The maximum absolute atomic E-state index is 12.8. The highest BCUT2D eigenvalue weighted by molar-refractivity contribution is 5.94. The lowest BCUT2D eigenvalue weighted by molar-refractivity contribution is 0.0761. The molecule has 1 unspecified atom stereocenters. The van der Waals surface area contributed by atoms with Crippen LogP contribution >= 0.6 is 0 Å². The molecule has 0 bridgehead atoms. The van der Waals surface area contributed by atoms with Crippen molar-refractivity contribution in [1.29, 1.82) is 0 Å². The second-order valence-electron chi connectivity index (χ2n) is 7.92. The van der Waals surface area contributed by atoms with E-state index in [9.17, 15) is 4.79 Å². The van der Waals surface area contributed by atoms with Crippen LogP contribution in [0.3, 0.4) is 0 Å². The van der Waals surface area contributed by atoms with E-state index < -0.39 is 0 Å². The van der Waals surface area contributed by atoms with Crippen molar-refractivity contribution < 1.29 is 14.3 Å². The fourth-order valence-corrected chi connectivity index (χ4v) is 4.23. The van der Waals surface area contributed by atoms with E-state index in [1.165, 1.54) is 11.1 Å². The van der Waals surface area contributed by atoms with E-state index >= 15 is 0 Å². The third-order valence-electron chi connectivity index (χ3n) is 5.67. The molecule has 0 radical (unpaired) electrons. The van der Waals surface area contributed by atoms with Crippen molar-refractivity contribution in [1.82, 2.24) is 9.80 Å². The van der Waals surface area contributed by atoms with Gasteiger partial charge in [0, 0.05) is 55.8 Å². The van der Waals surface area contributed by atoms with Gasteiger partial charge in [0.1, 0.15) is 17.6 Å². The summed E-state index contributed by atoms with van der Waals surface area (Å²) in [7, 11) is 0. The number of nitrogens with zero attached hydrogens (tertiary/aromatic N) is 2. The predicted octanol–water partition coefficient (Wildman–Crippen LogP) is 3.76. The van der Waals surface area contributed by atoms with Gasteiger partial charge in [-0.05, 0) is 44.5 Å². The summed E-state index contributed by atoms with van der Waals surface area (Å²) in [6.45, 7) is 8.97. The standard InChI is InChI=1S/C24H30N2O3/c1-3-28-22-15-20-14-18(2)29-23(20)16-21(22)17-25-10-7-11-26(13-12-25)24(27)19-8-5-4-6-9-19/h4-6,8-9,15-16,18H,3,7,10-14,17H2,1-2H3. The van der Waals surface area contributed by atoms with Crippen LogP contribution in [0.25, 0.3) is 0 Å². The zero-order valence-electron chi connectivity index (χ0n) is 17.4. The Kier molecular flexibility index (Phi) is 6.05. The molecule has 0 spiro atoms. The summed E-state index contributed by atoms with van der Waals surface area (Å²) >= 11 is 0. The molecule has 2 aromatic carbocycles. The highest BCUT2D eigenvalue weighted by Gasteiger charge is 2.24. The molecule has 0 aromatic heterocycles. The van der Waals surface area contributed by atoms with Crippen LogP contribution in [0.4, 0.5) is 0 Å². The van der Waals surface area contributed by atoms with Crippen molar-refractivity contribution in [2.75, 3.05) is 32.8 Å². The molecule has 1 amide bonds. The molecular formula is C24H30N2O3. The molecule has 4 rings (SSSR count). The summed E-state index contributed by atoms with van der Waals surface area (Å²) in [5, 5.41) is 0. The zero-order valence-corrected chi connectivity index (χ0v) is 17.4. The molecule has 2 aromatic rings. The Balaban J connectivity index is 1.44. The van der Waals surface area contributed by atoms with E-state index in [0.29, 0.717) is 6.61 Å². The average Bonchev–Trinajstić information content (AvgIpc) is 2.93. The van der Waals surface area contributed by atoms with Gasteiger partial charge in [-0.3, -0.25) is 9.69 Å². The Hall–Kier alpha value is -2.53. The van der Waals surface area contributed by atoms with Crippen LogP contribution in [-0.2, 0) is 13.0 Å². The highest BCUT2D eigenvalue weighted by atomic mass is 16.5. The largest absolute Gasteiger partial charge is 0.494 e. The van der Waals surface area contributed by atoms with Gasteiger partial charge in [0.05, 0.1) is 6.61 Å². The minimum Gasteiger partial charge on any atom is -0.494 e. The fourth-order valence-electron chi connectivity index (χ4n) is 4.23. The van der Waals surface area contributed by atoms with Crippen LogP contribution < -0.4 is 9.47 Å². The van der Waals surface area contributed by atoms with Crippen molar-refractivity contribution in [3.05, 3.63) is 59.2 Å². The second-order valence-corrected chi connectivity index (χ2v) is 7.92. The first kappa shape index (κ1) is 19.8. The van der Waals surface area contributed by atoms with Gasteiger partial charge < -0.3 is 14.4 Å². The van der Waals surface area contributed by atoms with Crippen LogP contribution in [0.15, 0.2) is 42.5 Å². The molecule has 1 saturated heterocycles. The van der Waals surface area contributed by atoms with Crippen molar-refractivity contribution >= 4 is 5.91 Å². The number of rotatable bonds is 5. The molecule has 5 heteroatoms. The van der Waals surface area contributed by atoms with E-state index in [1.54, 1.807) is 0 Å². The zero-order chi connectivity index (χ0) is 20.2. The summed E-state index contributed by atoms with van der Waals surface area (Å²) in [6.07, 6.45) is 2.14. The summed E-state index contributed by atoms with van der Waals surface area (Å²) in [6, 6.07) is 13.9. The van der Waals surface area contributed by atoms with Gasteiger partial charge in [-0.2, -0.15) is 0 Å². The van der Waals surface area contributed by atoms with Crippen molar-refractivity contribution in [3.63, 3.8) is 0 Å². The van der Waals surface area contributed by atoms with Gasteiger partial charge in [-0.1, -0.05) is 18.2 Å². The predicted molar refractivity (Wildman–Crippen MR) is 114 cm³/mol. The molecule has 0 aliphatic carbocycles. The molecule has 2 aliphatic heterocycles. The maximum atomic E-state index is 12.8. The van der Waals surface area contributed by atoms with Gasteiger partial charge in [-0.25, -0.2) is 0 Å². The van der Waals surface area contributed by atoms with Gasteiger partial charge in [0.15, 0.2) is 0 Å². The molecule has 5 nitrogen and oxygen atoms in total. The Morgan fingerprint density at radius 3 is 2.76 bits per heavy atom. The SMILES string of the molecule is CCOc1cc2c(cc1CN1CCCN(C(=O)c3ccccc3)CC1)OC(C)C2. The third-order valence-corrected chi connectivity index (χ3v) is 5.67. The van der Waals surface area contributed by atoms with Crippen LogP contribution in [-0.4, -0.2) is 54.6 Å². The number of hydrogen-bond acceptors (Lipinski definition) is 4. The maximum Gasteiger partial charge on any atom is 0.253 e. The molecule has 2 aliphatic rings. The Morgan fingerprint density at radius 2 is 1.97 bits per heavy atom.